The molecule has 0 N–H and O–H groups in total. The van der Waals surface area contributed by atoms with Gasteiger partial charge in [-0.15, -0.1) is 0 Å². The molecule has 2 aromatic rings. The second-order valence-corrected chi connectivity index (χ2v) is 4.40. The number of aromatic nitrogens is 1. The van der Waals surface area contributed by atoms with E-state index in [0.717, 1.165) is 0 Å². The highest BCUT2D eigenvalue weighted by molar-refractivity contribution is 6.31. The summed E-state index contributed by atoms with van der Waals surface area (Å²) in [5.41, 5.74) is 0.716. The van der Waals surface area contributed by atoms with E-state index >= 15 is 0 Å². The molecule has 3 nitrogen and oxygen atoms in total. The minimum Gasteiger partial charge on any atom is -0.494 e. The number of hydrogen-bond acceptors (Lipinski definition) is 3. The normalized spacial score (nSPS) is 10.7. The Morgan fingerprint density at radius 3 is 2.65 bits per heavy atom. The minimum atomic E-state index is -2.71. The van der Waals surface area contributed by atoms with Crippen molar-refractivity contribution in [3.05, 3.63) is 46.7 Å². The molecule has 0 aliphatic rings. The zero-order valence-electron chi connectivity index (χ0n) is 10.4. The van der Waals surface area contributed by atoms with Crippen molar-refractivity contribution in [2.75, 3.05) is 7.11 Å². The molecule has 0 amide bonds. The molecule has 0 spiro atoms. The summed E-state index contributed by atoms with van der Waals surface area (Å²) >= 11 is 5.90. The maximum atomic E-state index is 12.8. The summed E-state index contributed by atoms with van der Waals surface area (Å²) in [7, 11) is 1.40. The second-order valence-electron chi connectivity index (χ2n) is 3.96. The number of carbonyl (C=O) groups excluding carboxylic acids is 1. The van der Waals surface area contributed by atoms with Gasteiger partial charge < -0.3 is 4.74 Å². The number of halogens is 3. The van der Waals surface area contributed by atoms with Gasteiger partial charge in [-0.3, -0.25) is 9.78 Å². The number of aldehydes is 1. The first-order valence-electron chi connectivity index (χ1n) is 5.64. The van der Waals surface area contributed by atoms with Crippen LogP contribution in [0.4, 0.5) is 8.78 Å². The smallest absolute Gasteiger partial charge is 0.280 e. The van der Waals surface area contributed by atoms with Crippen LogP contribution >= 0.6 is 11.6 Å². The monoisotopic (exact) mass is 297 g/mol. The Bertz CT molecular complexity index is 647. The van der Waals surface area contributed by atoms with Crippen molar-refractivity contribution in [1.82, 2.24) is 4.98 Å². The van der Waals surface area contributed by atoms with Crippen LogP contribution in [0.25, 0.3) is 11.1 Å². The summed E-state index contributed by atoms with van der Waals surface area (Å²) in [6.07, 6.45) is -0.876. The largest absolute Gasteiger partial charge is 0.494 e. The fraction of sp³-hybridized carbons (Fsp3) is 0.143. The molecule has 0 aliphatic carbocycles. The first-order chi connectivity index (χ1) is 9.56. The molecule has 0 saturated heterocycles. The SMILES string of the molecule is COc1cnc(C(F)F)cc1-c1cc(Cl)ccc1C=O. The summed E-state index contributed by atoms with van der Waals surface area (Å²) < 4.78 is 30.6. The average molecular weight is 298 g/mol. The molecule has 0 radical (unpaired) electrons. The van der Waals surface area contributed by atoms with Crippen LogP contribution in [-0.2, 0) is 0 Å². The van der Waals surface area contributed by atoms with E-state index in [0.29, 0.717) is 33.7 Å². The molecule has 0 saturated carbocycles. The average Bonchev–Trinajstić information content (AvgIpc) is 2.46. The van der Waals surface area contributed by atoms with Crippen LogP contribution in [0.3, 0.4) is 0 Å². The standard InChI is InChI=1S/C14H10ClF2NO2/c1-20-13-6-18-12(14(16)17)5-11(13)10-4-9(15)3-2-8(10)7-19/h2-7,14H,1H3. The Morgan fingerprint density at radius 1 is 1.30 bits per heavy atom. The van der Waals surface area contributed by atoms with Gasteiger partial charge in [-0.1, -0.05) is 11.6 Å². The summed E-state index contributed by atoms with van der Waals surface area (Å²) in [6.45, 7) is 0. The maximum Gasteiger partial charge on any atom is 0.280 e. The van der Waals surface area contributed by atoms with E-state index in [9.17, 15) is 13.6 Å². The van der Waals surface area contributed by atoms with Gasteiger partial charge in [-0.25, -0.2) is 8.78 Å². The number of carbonyl (C=O) groups is 1. The van der Waals surface area contributed by atoms with E-state index in [1.54, 1.807) is 6.07 Å². The lowest BCUT2D eigenvalue weighted by molar-refractivity contribution is 0.112. The number of methoxy groups -OCH3 is 1. The van der Waals surface area contributed by atoms with Gasteiger partial charge in [0.05, 0.1) is 13.3 Å². The lowest BCUT2D eigenvalue weighted by Crippen LogP contribution is -1.97. The van der Waals surface area contributed by atoms with Crippen molar-refractivity contribution in [2.45, 2.75) is 6.43 Å². The fourth-order valence-corrected chi connectivity index (χ4v) is 1.99. The molecule has 1 aromatic heterocycles. The van der Waals surface area contributed by atoms with E-state index in [1.807, 2.05) is 0 Å². The zero-order chi connectivity index (χ0) is 14.7. The fourth-order valence-electron chi connectivity index (χ4n) is 1.82. The first kappa shape index (κ1) is 14.4. The molecule has 0 atom stereocenters. The van der Waals surface area contributed by atoms with Crippen LogP contribution in [0.2, 0.25) is 5.02 Å². The van der Waals surface area contributed by atoms with Crippen molar-refractivity contribution in [1.29, 1.82) is 0 Å². The van der Waals surface area contributed by atoms with E-state index in [1.165, 1.54) is 31.5 Å². The number of nitrogens with zero attached hydrogens (tertiary/aromatic N) is 1. The zero-order valence-corrected chi connectivity index (χ0v) is 11.2. The van der Waals surface area contributed by atoms with Gasteiger partial charge in [0.25, 0.3) is 6.43 Å². The molecule has 0 fully saturated rings. The molecule has 0 unspecified atom stereocenters. The van der Waals surface area contributed by atoms with Gasteiger partial charge >= 0.3 is 0 Å². The number of rotatable bonds is 4. The molecule has 104 valence electrons. The molecule has 6 heteroatoms. The summed E-state index contributed by atoms with van der Waals surface area (Å²) in [4.78, 5) is 14.7. The van der Waals surface area contributed by atoms with Crippen molar-refractivity contribution in [2.24, 2.45) is 0 Å². The predicted octanol–water partition coefficient (Wildman–Crippen LogP) is 4.16. The van der Waals surface area contributed by atoms with Crippen molar-refractivity contribution < 1.29 is 18.3 Å². The number of ether oxygens (including phenoxy) is 1. The van der Waals surface area contributed by atoms with Gasteiger partial charge in [-0.2, -0.15) is 0 Å². The van der Waals surface area contributed by atoms with E-state index in [4.69, 9.17) is 16.3 Å². The Labute approximate surface area is 119 Å². The number of benzene rings is 1. The highest BCUT2D eigenvalue weighted by atomic mass is 35.5. The van der Waals surface area contributed by atoms with Crippen LogP contribution < -0.4 is 4.74 Å². The van der Waals surface area contributed by atoms with Crippen molar-refractivity contribution in [3.63, 3.8) is 0 Å². The van der Waals surface area contributed by atoms with E-state index in [-0.39, 0.29) is 0 Å². The van der Waals surface area contributed by atoms with Crippen LogP contribution in [0.1, 0.15) is 22.5 Å². The Morgan fingerprint density at radius 2 is 2.05 bits per heavy atom. The minimum absolute atomic E-state index is 0.291. The highest BCUT2D eigenvalue weighted by Gasteiger charge is 2.16. The third-order valence-electron chi connectivity index (χ3n) is 2.76. The number of alkyl halides is 2. The van der Waals surface area contributed by atoms with Crippen molar-refractivity contribution >= 4 is 17.9 Å². The second kappa shape index (κ2) is 5.96. The quantitative estimate of drug-likeness (QED) is 0.795. The molecule has 1 heterocycles. The molecule has 20 heavy (non-hydrogen) atoms. The summed E-state index contributed by atoms with van der Waals surface area (Å²) in [6, 6.07) is 5.80. The third-order valence-corrected chi connectivity index (χ3v) is 3.00. The third kappa shape index (κ3) is 2.77. The van der Waals surface area contributed by atoms with E-state index in [2.05, 4.69) is 4.98 Å². The molecule has 0 bridgehead atoms. The Kier molecular flexibility index (Phi) is 4.29. The van der Waals surface area contributed by atoms with Crippen LogP contribution in [0.5, 0.6) is 5.75 Å². The van der Waals surface area contributed by atoms with Gasteiger partial charge in [0.2, 0.25) is 0 Å². The van der Waals surface area contributed by atoms with Crippen molar-refractivity contribution in [3.8, 4) is 16.9 Å². The van der Waals surface area contributed by atoms with Gasteiger partial charge in [-0.05, 0) is 29.8 Å². The highest BCUT2D eigenvalue weighted by Crippen LogP contribution is 2.35. The predicted molar refractivity (Wildman–Crippen MR) is 71.6 cm³/mol. The van der Waals surface area contributed by atoms with Gasteiger partial charge in [0.1, 0.15) is 11.4 Å². The Balaban J connectivity index is 2.69. The lowest BCUT2D eigenvalue weighted by atomic mass is 10.00. The van der Waals surface area contributed by atoms with Crippen LogP contribution in [-0.4, -0.2) is 18.4 Å². The lowest BCUT2D eigenvalue weighted by Gasteiger charge is -2.12. The molecule has 1 aromatic carbocycles. The molecular weight excluding hydrogens is 288 g/mol. The van der Waals surface area contributed by atoms with Crippen LogP contribution in [0, 0.1) is 0 Å². The van der Waals surface area contributed by atoms with Gasteiger partial charge in [0, 0.05) is 16.1 Å². The molecule has 0 aliphatic heterocycles. The number of hydrogen-bond donors (Lipinski definition) is 0. The molecule has 2 rings (SSSR count). The first-order valence-corrected chi connectivity index (χ1v) is 6.01. The van der Waals surface area contributed by atoms with Gasteiger partial charge in [0.15, 0.2) is 6.29 Å². The molecular formula is C14H10ClF2NO2. The summed E-state index contributed by atoms with van der Waals surface area (Å²) in [5.74, 6) is 0.291. The maximum absolute atomic E-state index is 12.8. The topological polar surface area (TPSA) is 39.2 Å². The Hall–Kier alpha value is -2.01. The van der Waals surface area contributed by atoms with E-state index < -0.39 is 12.1 Å². The summed E-state index contributed by atoms with van der Waals surface area (Å²) in [5, 5.41) is 0.392. The number of pyridine rings is 1. The van der Waals surface area contributed by atoms with Crippen LogP contribution in [0.15, 0.2) is 30.5 Å².